The number of hydrogen-bond acceptors (Lipinski definition) is 0. The molecule has 0 nitrogen and oxygen atoms in total. The van der Waals surface area contributed by atoms with Gasteiger partial charge in [0.1, 0.15) is 0 Å². The molecular formula is C7H9F3. The highest BCUT2D eigenvalue weighted by molar-refractivity contribution is 4.94. The van der Waals surface area contributed by atoms with Crippen LogP contribution in [-0.4, -0.2) is 6.18 Å². The first-order valence-electron chi connectivity index (χ1n) is 2.92. The number of halogens is 3. The van der Waals surface area contributed by atoms with Crippen LogP contribution in [0.15, 0.2) is 24.3 Å². The molecule has 0 saturated heterocycles. The van der Waals surface area contributed by atoms with Crippen LogP contribution in [0.25, 0.3) is 0 Å². The maximum absolute atomic E-state index is 11.4. The van der Waals surface area contributed by atoms with E-state index in [-0.39, 0.29) is 6.08 Å². The quantitative estimate of drug-likeness (QED) is 0.530. The fourth-order valence-corrected chi connectivity index (χ4v) is 0.416. The molecule has 0 amide bonds. The van der Waals surface area contributed by atoms with E-state index in [4.69, 9.17) is 0 Å². The van der Waals surface area contributed by atoms with Gasteiger partial charge in [0.2, 0.25) is 0 Å². The molecule has 0 aromatic carbocycles. The van der Waals surface area contributed by atoms with Gasteiger partial charge in [-0.1, -0.05) is 18.2 Å². The molecule has 0 fully saturated rings. The van der Waals surface area contributed by atoms with E-state index in [0.717, 1.165) is 6.08 Å². The van der Waals surface area contributed by atoms with Crippen LogP contribution in [0.5, 0.6) is 0 Å². The van der Waals surface area contributed by atoms with Gasteiger partial charge < -0.3 is 0 Å². The Morgan fingerprint density at radius 3 is 2.20 bits per heavy atom. The number of allylic oxidation sites excluding steroid dienone is 4. The Kier molecular flexibility index (Phi) is 3.84. The molecule has 0 atom stereocenters. The van der Waals surface area contributed by atoms with Crippen LogP contribution in [0.3, 0.4) is 0 Å². The average molecular weight is 150 g/mol. The van der Waals surface area contributed by atoms with Gasteiger partial charge in [-0.25, -0.2) is 0 Å². The highest BCUT2D eigenvalue weighted by atomic mass is 19.4. The molecule has 0 unspecified atom stereocenters. The van der Waals surface area contributed by atoms with Gasteiger partial charge in [-0.15, -0.1) is 0 Å². The zero-order chi connectivity index (χ0) is 8.04. The lowest BCUT2D eigenvalue weighted by molar-refractivity contribution is -0.0799. The highest BCUT2D eigenvalue weighted by Gasteiger charge is 2.21. The van der Waals surface area contributed by atoms with Gasteiger partial charge in [0.15, 0.2) is 0 Å². The van der Waals surface area contributed by atoms with Gasteiger partial charge in [0, 0.05) is 6.08 Å². The lowest BCUT2D eigenvalue weighted by Crippen LogP contribution is -1.99. The minimum absolute atomic E-state index is 0.243. The van der Waals surface area contributed by atoms with Gasteiger partial charge in [-0.2, -0.15) is 13.2 Å². The van der Waals surface area contributed by atoms with E-state index in [9.17, 15) is 13.2 Å². The second-order valence-electron chi connectivity index (χ2n) is 1.75. The molecule has 0 aliphatic carbocycles. The fraction of sp³-hybridized carbons (Fsp3) is 0.429. The molecular weight excluding hydrogens is 141 g/mol. The molecule has 0 aliphatic heterocycles. The van der Waals surface area contributed by atoms with Crippen LogP contribution in [0.4, 0.5) is 13.2 Å². The van der Waals surface area contributed by atoms with Gasteiger partial charge >= 0.3 is 6.18 Å². The van der Waals surface area contributed by atoms with Gasteiger partial charge in [0.05, 0.1) is 0 Å². The van der Waals surface area contributed by atoms with E-state index in [2.05, 4.69) is 0 Å². The van der Waals surface area contributed by atoms with Crippen molar-refractivity contribution in [2.75, 3.05) is 0 Å². The van der Waals surface area contributed by atoms with E-state index in [1.807, 2.05) is 0 Å². The lowest BCUT2D eigenvalue weighted by Gasteiger charge is -1.94. The molecule has 0 heterocycles. The van der Waals surface area contributed by atoms with E-state index in [0.29, 0.717) is 6.42 Å². The fourth-order valence-electron chi connectivity index (χ4n) is 0.416. The topological polar surface area (TPSA) is 0 Å². The van der Waals surface area contributed by atoms with Gasteiger partial charge in [-0.3, -0.25) is 0 Å². The minimum Gasteiger partial charge on any atom is -0.167 e. The first-order valence-corrected chi connectivity index (χ1v) is 2.92. The lowest BCUT2D eigenvalue weighted by atomic mass is 10.3. The van der Waals surface area contributed by atoms with Gasteiger partial charge in [0.25, 0.3) is 0 Å². The molecule has 0 saturated carbocycles. The van der Waals surface area contributed by atoms with Crippen molar-refractivity contribution in [2.45, 2.75) is 19.5 Å². The molecule has 0 bridgehead atoms. The summed E-state index contributed by atoms with van der Waals surface area (Å²) in [7, 11) is 0. The Balaban J connectivity index is 3.56. The third-order valence-electron chi connectivity index (χ3n) is 0.815. The predicted octanol–water partition coefficient (Wildman–Crippen LogP) is 3.07. The number of rotatable bonds is 2. The van der Waals surface area contributed by atoms with Crippen LogP contribution in [-0.2, 0) is 0 Å². The summed E-state index contributed by atoms with van der Waals surface area (Å²) < 4.78 is 34.1. The average Bonchev–Trinajstić information content (AvgIpc) is 1.78. The van der Waals surface area contributed by atoms with Crippen LogP contribution in [0.2, 0.25) is 0 Å². The predicted molar refractivity (Wildman–Crippen MR) is 34.6 cm³/mol. The summed E-state index contributed by atoms with van der Waals surface area (Å²) in [6.07, 6.45) is 0.869. The van der Waals surface area contributed by atoms with Crippen molar-refractivity contribution >= 4 is 0 Å². The molecule has 0 radical (unpaired) electrons. The SMILES string of the molecule is C/C=C\C/C=C/C(F)(F)F. The van der Waals surface area contributed by atoms with E-state index in [1.165, 1.54) is 0 Å². The third kappa shape index (κ3) is 7.27. The normalized spacial score (nSPS) is 13.6. The molecule has 0 N–H and O–H groups in total. The summed E-state index contributed by atoms with van der Waals surface area (Å²) in [6, 6.07) is 0. The van der Waals surface area contributed by atoms with E-state index < -0.39 is 6.18 Å². The van der Waals surface area contributed by atoms with Crippen molar-refractivity contribution in [3.63, 3.8) is 0 Å². The van der Waals surface area contributed by atoms with Crippen molar-refractivity contribution < 1.29 is 13.2 Å². The molecule has 0 aliphatic rings. The maximum Gasteiger partial charge on any atom is 0.409 e. The second kappa shape index (κ2) is 4.14. The summed E-state index contributed by atoms with van der Waals surface area (Å²) in [6.45, 7) is 1.77. The monoisotopic (exact) mass is 150 g/mol. The molecule has 58 valence electrons. The first-order chi connectivity index (χ1) is 4.56. The third-order valence-corrected chi connectivity index (χ3v) is 0.815. The second-order valence-corrected chi connectivity index (χ2v) is 1.75. The molecule has 0 rings (SSSR count). The Hall–Kier alpha value is -0.730. The summed E-state index contributed by atoms with van der Waals surface area (Å²) >= 11 is 0. The Bertz CT molecular complexity index is 130. The van der Waals surface area contributed by atoms with Crippen LogP contribution < -0.4 is 0 Å². The largest absolute Gasteiger partial charge is 0.409 e. The smallest absolute Gasteiger partial charge is 0.167 e. The summed E-state index contributed by atoms with van der Waals surface area (Å²) in [5.41, 5.74) is 0. The first kappa shape index (κ1) is 9.27. The summed E-state index contributed by atoms with van der Waals surface area (Å²) in [4.78, 5) is 0. The van der Waals surface area contributed by atoms with E-state index in [1.54, 1.807) is 19.1 Å². The minimum atomic E-state index is -4.17. The van der Waals surface area contributed by atoms with Crippen molar-refractivity contribution in [2.24, 2.45) is 0 Å². The molecule has 0 spiro atoms. The number of alkyl halides is 3. The van der Waals surface area contributed by atoms with Crippen molar-refractivity contribution in [3.05, 3.63) is 24.3 Å². The van der Waals surface area contributed by atoms with Crippen LogP contribution in [0.1, 0.15) is 13.3 Å². The molecule has 0 aromatic rings. The summed E-state index contributed by atoms with van der Waals surface area (Å²) in [5, 5.41) is 0. The molecule has 10 heavy (non-hydrogen) atoms. The zero-order valence-corrected chi connectivity index (χ0v) is 5.65. The van der Waals surface area contributed by atoms with Crippen LogP contribution in [0, 0.1) is 0 Å². The standard InChI is InChI=1S/C7H9F3/c1-2-3-4-5-6-7(8,9)10/h2-3,5-6H,4H2,1H3/b3-2-,6-5+. The zero-order valence-electron chi connectivity index (χ0n) is 5.65. The Labute approximate surface area is 58.0 Å². The van der Waals surface area contributed by atoms with Crippen molar-refractivity contribution in [3.8, 4) is 0 Å². The van der Waals surface area contributed by atoms with E-state index >= 15 is 0 Å². The molecule has 3 heteroatoms. The Morgan fingerprint density at radius 1 is 1.20 bits per heavy atom. The highest BCUT2D eigenvalue weighted by Crippen LogP contribution is 2.15. The number of hydrogen-bond donors (Lipinski definition) is 0. The summed E-state index contributed by atoms with van der Waals surface area (Å²) in [5.74, 6) is 0. The van der Waals surface area contributed by atoms with Gasteiger partial charge in [-0.05, 0) is 13.3 Å². The van der Waals surface area contributed by atoms with Crippen LogP contribution >= 0.6 is 0 Å². The Morgan fingerprint density at radius 2 is 1.80 bits per heavy atom. The molecule has 0 aromatic heterocycles. The van der Waals surface area contributed by atoms with Crippen molar-refractivity contribution in [1.29, 1.82) is 0 Å². The van der Waals surface area contributed by atoms with Crippen molar-refractivity contribution in [1.82, 2.24) is 0 Å². The maximum atomic E-state index is 11.4.